The summed E-state index contributed by atoms with van der Waals surface area (Å²) in [6, 6.07) is 0.394. The maximum absolute atomic E-state index is 12.1. The van der Waals surface area contributed by atoms with Gasteiger partial charge in [0, 0.05) is 19.6 Å². The van der Waals surface area contributed by atoms with Crippen LogP contribution in [0.5, 0.6) is 0 Å². The van der Waals surface area contributed by atoms with Gasteiger partial charge in [-0.15, -0.1) is 0 Å². The molecule has 1 amide bonds. The third-order valence-corrected chi connectivity index (χ3v) is 4.39. The number of amides is 1. The second kappa shape index (κ2) is 3.78. The first-order chi connectivity index (χ1) is 7.04. The number of carbonyl (C=O) groups is 1. The summed E-state index contributed by atoms with van der Waals surface area (Å²) in [6.07, 6.45) is 3.55. The summed E-state index contributed by atoms with van der Waals surface area (Å²) in [7, 11) is 1.97. The van der Waals surface area contributed by atoms with Gasteiger partial charge in [0.25, 0.3) is 0 Å². The van der Waals surface area contributed by atoms with Gasteiger partial charge in [0.05, 0.1) is 5.92 Å². The van der Waals surface area contributed by atoms with E-state index in [2.05, 4.69) is 19.2 Å². The molecular formula is C12H22N2O. The van der Waals surface area contributed by atoms with E-state index in [1.165, 1.54) is 12.8 Å². The molecule has 1 N–H and O–H groups in total. The minimum absolute atomic E-state index is 0.222. The Kier molecular flexibility index (Phi) is 2.75. The zero-order valence-corrected chi connectivity index (χ0v) is 10.0. The molecule has 1 saturated carbocycles. The molecule has 0 aromatic rings. The van der Waals surface area contributed by atoms with Crippen molar-refractivity contribution in [3.8, 4) is 0 Å². The van der Waals surface area contributed by atoms with Crippen molar-refractivity contribution >= 4 is 5.91 Å². The van der Waals surface area contributed by atoms with Crippen LogP contribution in [0.15, 0.2) is 0 Å². The van der Waals surface area contributed by atoms with Crippen molar-refractivity contribution in [2.75, 3.05) is 20.1 Å². The summed E-state index contributed by atoms with van der Waals surface area (Å²) >= 11 is 0. The standard InChI is InChI=1S/C12H22N2O/c1-9(12(2)5-6-12)14(3)11(15)10-4-7-13-8-10/h9-10,13H,4-8H2,1-3H3/t9?,10-/m1/s1. The molecule has 2 atom stereocenters. The predicted molar refractivity (Wildman–Crippen MR) is 60.5 cm³/mol. The molecule has 2 fully saturated rings. The molecule has 1 unspecified atom stereocenters. The molecule has 0 radical (unpaired) electrons. The van der Waals surface area contributed by atoms with Crippen LogP contribution in [0.4, 0.5) is 0 Å². The van der Waals surface area contributed by atoms with Crippen molar-refractivity contribution in [2.45, 2.75) is 39.2 Å². The van der Waals surface area contributed by atoms with Gasteiger partial charge in [0.2, 0.25) is 5.91 Å². The lowest BCUT2D eigenvalue weighted by Crippen LogP contribution is -2.43. The van der Waals surface area contributed by atoms with E-state index in [1.807, 2.05) is 11.9 Å². The number of hydrogen-bond acceptors (Lipinski definition) is 2. The largest absolute Gasteiger partial charge is 0.342 e. The molecule has 0 bridgehead atoms. The smallest absolute Gasteiger partial charge is 0.227 e. The molecule has 0 aromatic heterocycles. The first kappa shape index (κ1) is 10.9. The third-order valence-electron chi connectivity index (χ3n) is 4.39. The second-order valence-corrected chi connectivity index (χ2v) is 5.47. The molecule has 0 spiro atoms. The molecular weight excluding hydrogens is 188 g/mol. The fourth-order valence-electron chi connectivity index (χ4n) is 2.43. The third kappa shape index (κ3) is 2.03. The number of hydrogen-bond donors (Lipinski definition) is 1. The van der Waals surface area contributed by atoms with Gasteiger partial charge in [0.1, 0.15) is 0 Å². The van der Waals surface area contributed by atoms with E-state index < -0.39 is 0 Å². The Balaban J connectivity index is 1.94. The summed E-state index contributed by atoms with van der Waals surface area (Å²) in [5.41, 5.74) is 0.399. The minimum atomic E-state index is 0.222. The summed E-state index contributed by atoms with van der Waals surface area (Å²) in [5, 5.41) is 3.25. The Labute approximate surface area is 92.2 Å². The average Bonchev–Trinajstić information content (AvgIpc) is 2.80. The highest BCUT2D eigenvalue weighted by Crippen LogP contribution is 2.49. The lowest BCUT2D eigenvalue weighted by atomic mass is 9.97. The lowest BCUT2D eigenvalue weighted by molar-refractivity contribution is -0.136. The van der Waals surface area contributed by atoms with E-state index in [1.54, 1.807) is 0 Å². The fraction of sp³-hybridized carbons (Fsp3) is 0.917. The van der Waals surface area contributed by atoms with Crippen LogP contribution in [0, 0.1) is 11.3 Å². The molecule has 1 heterocycles. The van der Waals surface area contributed by atoms with Crippen LogP contribution in [0.25, 0.3) is 0 Å². The molecule has 2 aliphatic rings. The maximum Gasteiger partial charge on any atom is 0.227 e. The molecule has 1 saturated heterocycles. The van der Waals surface area contributed by atoms with Gasteiger partial charge < -0.3 is 10.2 Å². The molecule has 0 aromatic carbocycles. The van der Waals surface area contributed by atoms with E-state index in [0.29, 0.717) is 17.4 Å². The monoisotopic (exact) mass is 210 g/mol. The van der Waals surface area contributed by atoms with E-state index in [4.69, 9.17) is 0 Å². The number of carbonyl (C=O) groups excluding carboxylic acids is 1. The highest BCUT2D eigenvalue weighted by molar-refractivity contribution is 5.79. The molecule has 1 aliphatic heterocycles. The van der Waals surface area contributed by atoms with Gasteiger partial charge in [-0.1, -0.05) is 6.92 Å². The summed E-state index contributed by atoms with van der Waals surface area (Å²) in [5.74, 6) is 0.556. The van der Waals surface area contributed by atoms with Gasteiger partial charge >= 0.3 is 0 Å². The molecule has 3 nitrogen and oxygen atoms in total. The Bertz CT molecular complexity index is 254. The quantitative estimate of drug-likeness (QED) is 0.760. The van der Waals surface area contributed by atoms with Crippen molar-refractivity contribution in [2.24, 2.45) is 11.3 Å². The Morgan fingerprint density at radius 1 is 1.53 bits per heavy atom. The lowest BCUT2D eigenvalue weighted by Gasteiger charge is -2.31. The molecule has 3 heteroatoms. The number of nitrogens with one attached hydrogen (secondary N) is 1. The van der Waals surface area contributed by atoms with Crippen molar-refractivity contribution in [1.82, 2.24) is 10.2 Å². The van der Waals surface area contributed by atoms with Gasteiger partial charge in [0.15, 0.2) is 0 Å². The van der Waals surface area contributed by atoms with E-state index in [-0.39, 0.29) is 5.92 Å². The normalized spacial score (nSPS) is 29.9. The van der Waals surface area contributed by atoms with Crippen molar-refractivity contribution in [1.29, 1.82) is 0 Å². The molecule has 1 aliphatic carbocycles. The van der Waals surface area contributed by atoms with Crippen LogP contribution < -0.4 is 5.32 Å². The average molecular weight is 210 g/mol. The number of nitrogens with zero attached hydrogens (tertiary/aromatic N) is 1. The highest BCUT2D eigenvalue weighted by atomic mass is 16.2. The fourth-order valence-corrected chi connectivity index (χ4v) is 2.43. The van der Waals surface area contributed by atoms with Gasteiger partial charge in [-0.05, 0) is 38.1 Å². The van der Waals surface area contributed by atoms with E-state index >= 15 is 0 Å². The van der Waals surface area contributed by atoms with Crippen LogP contribution in [0.3, 0.4) is 0 Å². The first-order valence-electron chi connectivity index (χ1n) is 6.02. The topological polar surface area (TPSA) is 32.3 Å². The van der Waals surface area contributed by atoms with Crippen LogP contribution in [-0.2, 0) is 4.79 Å². The Hall–Kier alpha value is -0.570. The zero-order chi connectivity index (χ0) is 11.1. The van der Waals surface area contributed by atoms with E-state index in [9.17, 15) is 4.79 Å². The van der Waals surface area contributed by atoms with Crippen LogP contribution >= 0.6 is 0 Å². The first-order valence-corrected chi connectivity index (χ1v) is 6.02. The maximum atomic E-state index is 12.1. The van der Waals surface area contributed by atoms with Crippen LogP contribution in [0.1, 0.15) is 33.1 Å². The zero-order valence-electron chi connectivity index (χ0n) is 10.0. The predicted octanol–water partition coefficient (Wildman–Crippen LogP) is 1.24. The molecule has 2 rings (SSSR count). The highest BCUT2D eigenvalue weighted by Gasteiger charge is 2.45. The van der Waals surface area contributed by atoms with Gasteiger partial charge in [-0.3, -0.25) is 4.79 Å². The second-order valence-electron chi connectivity index (χ2n) is 5.47. The van der Waals surface area contributed by atoms with Gasteiger partial charge in [-0.2, -0.15) is 0 Å². The summed E-state index contributed by atoms with van der Waals surface area (Å²) in [4.78, 5) is 14.1. The Morgan fingerprint density at radius 2 is 2.20 bits per heavy atom. The van der Waals surface area contributed by atoms with Crippen LogP contribution in [-0.4, -0.2) is 37.0 Å². The molecule has 15 heavy (non-hydrogen) atoms. The Morgan fingerprint density at radius 3 is 2.67 bits per heavy atom. The summed E-state index contributed by atoms with van der Waals surface area (Å²) < 4.78 is 0. The van der Waals surface area contributed by atoms with Crippen molar-refractivity contribution < 1.29 is 4.79 Å². The minimum Gasteiger partial charge on any atom is -0.342 e. The van der Waals surface area contributed by atoms with E-state index in [0.717, 1.165) is 19.5 Å². The van der Waals surface area contributed by atoms with Crippen molar-refractivity contribution in [3.05, 3.63) is 0 Å². The summed E-state index contributed by atoms with van der Waals surface area (Å²) in [6.45, 7) is 6.34. The molecule has 86 valence electrons. The van der Waals surface area contributed by atoms with Crippen molar-refractivity contribution in [3.63, 3.8) is 0 Å². The number of rotatable bonds is 3. The van der Waals surface area contributed by atoms with Gasteiger partial charge in [-0.25, -0.2) is 0 Å². The SMILES string of the molecule is CC(N(C)C(=O)[C@@H]1CCNC1)C1(C)CC1. The van der Waals surface area contributed by atoms with Crippen LogP contribution in [0.2, 0.25) is 0 Å².